The molecule has 0 bridgehead atoms. The van der Waals surface area contributed by atoms with Gasteiger partial charge in [0.25, 0.3) is 0 Å². The van der Waals surface area contributed by atoms with Gasteiger partial charge in [-0.15, -0.1) is 0 Å². The number of carbonyl (C=O) groups excluding carboxylic acids is 2. The lowest BCUT2D eigenvalue weighted by Crippen LogP contribution is -2.32. The number of rotatable bonds is 19. The highest BCUT2D eigenvalue weighted by molar-refractivity contribution is 5.87. The van der Waals surface area contributed by atoms with Gasteiger partial charge in [0.1, 0.15) is 12.7 Å². The molecule has 0 aromatic heterocycles. The van der Waals surface area contributed by atoms with Crippen LogP contribution in [0.1, 0.15) is 34.8 Å². The van der Waals surface area contributed by atoms with E-state index in [4.69, 9.17) is 37.9 Å². The van der Waals surface area contributed by atoms with E-state index >= 15 is 0 Å². The predicted molar refractivity (Wildman–Crippen MR) is 199 cm³/mol. The molecule has 13 nitrogen and oxygen atoms in total. The first-order valence-corrected chi connectivity index (χ1v) is 16.8. The van der Waals surface area contributed by atoms with Crippen molar-refractivity contribution in [2.24, 2.45) is 0 Å². The molecule has 0 saturated carbocycles. The Kier molecular flexibility index (Phi) is 15.0. The molecule has 0 aliphatic heterocycles. The summed E-state index contributed by atoms with van der Waals surface area (Å²) >= 11 is 0. The van der Waals surface area contributed by atoms with E-state index in [1.54, 1.807) is 54.6 Å². The average molecular weight is 745 g/mol. The van der Waals surface area contributed by atoms with Crippen molar-refractivity contribution in [1.82, 2.24) is 0 Å². The molecule has 0 amide bonds. The van der Waals surface area contributed by atoms with Gasteiger partial charge in [-0.25, -0.2) is 9.59 Å². The Morgan fingerprint density at radius 3 is 1.70 bits per heavy atom. The number of benzene rings is 4. The lowest BCUT2D eigenvalue weighted by molar-refractivity contribution is -0.143. The largest absolute Gasteiger partial charge is 0.504 e. The summed E-state index contributed by atoms with van der Waals surface area (Å²) in [5.41, 5.74) is 2.75. The minimum atomic E-state index is -0.898. The Balaban J connectivity index is 1.43. The molecule has 0 aliphatic rings. The maximum absolute atomic E-state index is 12.8. The summed E-state index contributed by atoms with van der Waals surface area (Å²) in [6.45, 7) is -0.0643. The third-order valence-corrected chi connectivity index (χ3v) is 8.11. The van der Waals surface area contributed by atoms with Crippen LogP contribution >= 0.6 is 0 Å². The summed E-state index contributed by atoms with van der Waals surface area (Å²) in [5.74, 6) is 0.278. The maximum atomic E-state index is 12.8. The molecule has 0 saturated heterocycles. The fraction of sp³-hybridized carbons (Fsp3) is 0.268. The molecule has 0 aliphatic carbocycles. The molecule has 286 valence electrons. The Morgan fingerprint density at radius 2 is 1.15 bits per heavy atom. The van der Waals surface area contributed by atoms with E-state index in [1.165, 1.54) is 72.0 Å². The Morgan fingerprint density at radius 1 is 0.611 bits per heavy atom. The predicted octanol–water partition coefficient (Wildman–Crippen LogP) is 6.42. The van der Waals surface area contributed by atoms with Crippen molar-refractivity contribution >= 4 is 24.1 Å². The van der Waals surface area contributed by atoms with Crippen molar-refractivity contribution in [2.45, 2.75) is 25.0 Å². The molecule has 13 heteroatoms. The quantitative estimate of drug-likeness (QED) is 0.0547. The van der Waals surface area contributed by atoms with Crippen LogP contribution < -0.4 is 23.7 Å². The molecule has 3 N–H and O–H groups in total. The first-order valence-electron chi connectivity index (χ1n) is 16.8. The van der Waals surface area contributed by atoms with Crippen LogP contribution in [0.15, 0.2) is 84.9 Å². The van der Waals surface area contributed by atoms with Crippen LogP contribution in [0.25, 0.3) is 12.2 Å². The summed E-state index contributed by atoms with van der Waals surface area (Å²) in [7, 11) is 7.28. The van der Waals surface area contributed by atoms with Crippen LogP contribution in [0, 0.1) is 0 Å². The molecule has 2 atom stereocenters. The number of phenolic OH excluding ortho intramolecular Hbond substituents is 3. The van der Waals surface area contributed by atoms with Crippen molar-refractivity contribution < 1.29 is 62.8 Å². The smallest absolute Gasteiger partial charge is 0.330 e. The molecular formula is C41H44O13. The van der Waals surface area contributed by atoms with Crippen LogP contribution in [-0.4, -0.2) is 82.1 Å². The minimum absolute atomic E-state index is 0.00199. The van der Waals surface area contributed by atoms with Crippen LogP contribution in [0.4, 0.5) is 0 Å². The monoisotopic (exact) mass is 744 g/mol. The van der Waals surface area contributed by atoms with Crippen LogP contribution in [0.2, 0.25) is 0 Å². The van der Waals surface area contributed by atoms with E-state index in [1.807, 2.05) is 6.07 Å². The van der Waals surface area contributed by atoms with Crippen molar-refractivity contribution in [2.75, 3.05) is 48.8 Å². The number of methoxy groups -OCH3 is 5. The third kappa shape index (κ3) is 11.3. The van der Waals surface area contributed by atoms with Crippen molar-refractivity contribution in [1.29, 1.82) is 0 Å². The van der Waals surface area contributed by atoms with Gasteiger partial charge in [0.2, 0.25) is 0 Å². The highest BCUT2D eigenvalue weighted by Gasteiger charge is 2.29. The summed E-state index contributed by atoms with van der Waals surface area (Å²) in [6.07, 6.45) is 5.05. The van der Waals surface area contributed by atoms with Gasteiger partial charge in [0.15, 0.2) is 52.1 Å². The normalized spacial score (nSPS) is 12.2. The fourth-order valence-electron chi connectivity index (χ4n) is 5.32. The fourth-order valence-corrected chi connectivity index (χ4v) is 5.32. The summed E-state index contributed by atoms with van der Waals surface area (Å²) < 4.78 is 44.4. The van der Waals surface area contributed by atoms with E-state index < -0.39 is 24.1 Å². The molecular weight excluding hydrogens is 700 g/mol. The van der Waals surface area contributed by atoms with Crippen molar-refractivity contribution in [3.05, 3.63) is 107 Å². The van der Waals surface area contributed by atoms with E-state index in [2.05, 4.69) is 0 Å². The Labute approximate surface area is 313 Å². The van der Waals surface area contributed by atoms with E-state index in [0.29, 0.717) is 46.8 Å². The summed E-state index contributed by atoms with van der Waals surface area (Å²) in [4.78, 5) is 25.1. The number of hydrogen-bond donors (Lipinski definition) is 3. The maximum Gasteiger partial charge on any atom is 0.330 e. The minimum Gasteiger partial charge on any atom is -0.504 e. The van der Waals surface area contributed by atoms with E-state index in [-0.39, 0.29) is 42.0 Å². The van der Waals surface area contributed by atoms with E-state index in [9.17, 15) is 24.9 Å². The van der Waals surface area contributed by atoms with Gasteiger partial charge in [-0.2, -0.15) is 0 Å². The molecule has 0 fully saturated rings. The van der Waals surface area contributed by atoms with Gasteiger partial charge in [-0.1, -0.05) is 24.3 Å². The van der Waals surface area contributed by atoms with Crippen LogP contribution in [-0.2, 0) is 30.2 Å². The second-order valence-corrected chi connectivity index (χ2v) is 11.7. The molecule has 4 rings (SSSR count). The standard InChI is InChI=1S/C41H44O13/c1-47-34-21-27(8-14-30(34)42)11-18-39(45)52-20-6-7-26-10-17-33(37(23-26)50-4)54-38(41(51-5)29-13-16-32(44)36(24-29)49-3)25-53-40(46)19-12-28-9-15-31(43)35(22-28)48-2/h8-19,21-24,38,41-44H,6-7,20,25H2,1-5H3/b18-11+,19-12+/t38-,41-/m1/s1. The molecule has 0 unspecified atom stereocenters. The van der Waals surface area contributed by atoms with Crippen LogP contribution in [0.3, 0.4) is 0 Å². The number of aromatic hydroxyl groups is 3. The number of aryl methyl sites for hydroxylation is 1. The lowest BCUT2D eigenvalue weighted by atomic mass is 10.0. The second-order valence-electron chi connectivity index (χ2n) is 11.7. The zero-order valence-corrected chi connectivity index (χ0v) is 30.6. The highest BCUT2D eigenvalue weighted by Crippen LogP contribution is 2.36. The van der Waals surface area contributed by atoms with Crippen LogP contribution in [0.5, 0.6) is 46.0 Å². The Bertz CT molecular complexity index is 1930. The summed E-state index contributed by atoms with van der Waals surface area (Å²) in [6, 6.07) is 19.5. The van der Waals surface area contributed by atoms with Gasteiger partial charge >= 0.3 is 11.9 Å². The summed E-state index contributed by atoms with van der Waals surface area (Å²) in [5, 5.41) is 29.8. The first-order chi connectivity index (χ1) is 26.1. The van der Waals surface area contributed by atoms with Gasteiger partial charge in [-0.3, -0.25) is 0 Å². The molecule has 4 aromatic rings. The average Bonchev–Trinajstić information content (AvgIpc) is 3.18. The van der Waals surface area contributed by atoms with E-state index in [0.717, 1.165) is 5.56 Å². The zero-order chi connectivity index (χ0) is 39.0. The third-order valence-electron chi connectivity index (χ3n) is 8.11. The highest BCUT2D eigenvalue weighted by atomic mass is 16.6. The molecule has 0 heterocycles. The number of carbonyl (C=O) groups is 2. The molecule has 4 aromatic carbocycles. The first kappa shape index (κ1) is 40.4. The second kappa shape index (κ2) is 20.0. The molecule has 0 spiro atoms. The van der Waals surface area contributed by atoms with Crippen molar-refractivity contribution in [3.8, 4) is 46.0 Å². The van der Waals surface area contributed by atoms with Gasteiger partial charge in [-0.05, 0) is 95.8 Å². The topological polar surface area (TPSA) is 169 Å². The number of hydrogen-bond acceptors (Lipinski definition) is 13. The molecule has 0 radical (unpaired) electrons. The number of esters is 2. The molecule has 54 heavy (non-hydrogen) atoms. The van der Waals surface area contributed by atoms with Gasteiger partial charge in [0.05, 0.1) is 35.0 Å². The van der Waals surface area contributed by atoms with Crippen molar-refractivity contribution in [3.63, 3.8) is 0 Å². The van der Waals surface area contributed by atoms with Gasteiger partial charge in [0, 0.05) is 19.3 Å². The SMILES string of the molecule is COc1cc(/C=C/C(=O)OCCCc2ccc(O[C@H](COC(=O)/C=C/c3ccc(O)c(OC)c3)[C@H](OC)c3ccc(O)c(OC)c3)c(OC)c2)ccc1O. The van der Waals surface area contributed by atoms with Gasteiger partial charge < -0.3 is 53.2 Å². The lowest BCUT2D eigenvalue weighted by Gasteiger charge is -2.28. The number of ether oxygens (including phenoxy) is 8. The Hall–Kier alpha value is -6.34. The number of phenols is 3. The zero-order valence-electron chi connectivity index (χ0n) is 30.6.